The van der Waals surface area contributed by atoms with Crippen molar-refractivity contribution in [2.45, 2.75) is 26.1 Å². The summed E-state index contributed by atoms with van der Waals surface area (Å²) in [6, 6.07) is 9.32. The van der Waals surface area contributed by atoms with Gasteiger partial charge in [0.15, 0.2) is 10.8 Å². The summed E-state index contributed by atoms with van der Waals surface area (Å²) in [5, 5.41) is 21.8. The number of furan rings is 1. The molecule has 3 aromatic rings. The van der Waals surface area contributed by atoms with E-state index in [1.807, 2.05) is 44.2 Å². The fourth-order valence-corrected chi connectivity index (χ4v) is 3.87. The van der Waals surface area contributed by atoms with Crippen molar-refractivity contribution in [3.63, 3.8) is 0 Å². The molecule has 2 heterocycles. The lowest BCUT2D eigenvalue weighted by Crippen LogP contribution is -2.16. The highest BCUT2D eigenvalue weighted by molar-refractivity contribution is 7.15. The number of hydrogen-bond acceptors (Lipinski definition) is 5. The maximum Gasteiger partial charge on any atom is 0.163 e. The SMILES string of the molecule is Cc1cc(-c2nc3c(s2)C(O)c2ccccc2C3O)oc1C. The van der Waals surface area contributed by atoms with Gasteiger partial charge in [0.05, 0.1) is 10.6 Å². The Morgan fingerprint density at radius 1 is 1.09 bits per heavy atom. The van der Waals surface area contributed by atoms with Gasteiger partial charge in [0.2, 0.25) is 0 Å². The van der Waals surface area contributed by atoms with E-state index in [1.54, 1.807) is 0 Å². The Labute approximate surface area is 131 Å². The van der Waals surface area contributed by atoms with Crippen molar-refractivity contribution >= 4 is 11.3 Å². The zero-order valence-corrected chi connectivity index (χ0v) is 13.0. The number of aliphatic hydroxyl groups is 2. The normalized spacial score (nSPS) is 19.8. The molecule has 4 rings (SSSR count). The second-order valence-corrected chi connectivity index (χ2v) is 6.58. The Hall–Kier alpha value is -1.95. The van der Waals surface area contributed by atoms with Gasteiger partial charge in [0.25, 0.3) is 0 Å². The molecule has 0 aliphatic heterocycles. The molecule has 2 atom stereocenters. The van der Waals surface area contributed by atoms with Gasteiger partial charge in [0.1, 0.15) is 18.0 Å². The summed E-state index contributed by atoms with van der Waals surface area (Å²) in [5.74, 6) is 1.53. The van der Waals surface area contributed by atoms with Crippen molar-refractivity contribution in [2.24, 2.45) is 0 Å². The van der Waals surface area contributed by atoms with E-state index in [0.717, 1.165) is 16.9 Å². The van der Waals surface area contributed by atoms with Crippen molar-refractivity contribution in [2.75, 3.05) is 0 Å². The molecule has 0 spiro atoms. The first kappa shape index (κ1) is 13.7. The van der Waals surface area contributed by atoms with E-state index in [4.69, 9.17) is 4.42 Å². The first-order valence-corrected chi connectivity index (χ1v) is 7.91. The highest BCUT2D eigenvalue weighted by Crippen LogP contribution is 2.45. The maximum absolute atomic E-state index is 10.6. The molecule has 0 saturated heterocycles. The number of benzene rings is 1. The number of rotatable bonds is 1. The molecule has 2 N–H and O–H groups in total. The van der Waals surface area contributed by atoms with Gasteiger partial charge in [0, 0.05) is 0 Å². The van der Waals surface area contributed by atoms with Gasteiger partial charge in [-0.15, -0.1) is 11.3 Å². The molecule has 0 amide bonds. The van der Waals surface area contributed by atoms with Crippen LogP contribution in [-0.2, 0) is 0 Å². The molecule has 1 aliphatic carbocycles. The van der Waals surface area contributed by atoms with Gasteiger partial charge in [-0.2, -0.15) is 0 Å². The molecule has 0 saturated carbocycles. The van der Waals surface area contributed by atoms with E-state index in [-0.39, 0.29) is 0 Å². The zero-order valence-electron chi connectivity index (χ0n) is 12.2. The van der Waals surface area contributed by atoms with Crippen molar-refractivity contribution in [1.29, 1.82) is 0 Å². The first-order chi connectivity index (χ1) is 10.6. The zero-order chi connectivity index (χ0) is 15.4. The molecule has 5 heteroatoms. The third-order valence-electron chi connectivity index (χ3n) is 4.15. The maximum atomic E-state index is 10.6. The van der Waals surface area contributed by atoms with E-state index in [0.29, 0.717) is 26.9 Å². The Kier molecular flexibility index (Phi) is 2.97. The van der Waals surface area contributed by atoms with Crippen LogP contribution in [0.5, 0.6) is 0 Å². The smallest absolute Gasteiger partial charge is 0.163 e. The molecular formula is C17H15NO3S. The molecule has 1 aliphatic rings. The second kappa shape index (κ2) is 4.78. The summed E-state index contributed by atoms with van der Waals surface area (Å²) in [7, 11) is 0. The summed E-state index contributed by atoms with van der Waals surface area (Å²) >= 11 is 1.37. The van der Waals surface area contributed by atoms with Gasteiger partial charge in [-0.3, -0.25) is 0 Å². The monoisotopic (exact) mass is 313 g/mol. The van der Waals surface area contributed by atoms with Crippen molar-refractivity contribution in [1.82, 2.24) is 4.98 Å². The van der Waals surface area contributed by atoms with Crippen LogP contribution in [0.3, 0.4) is 0 Å². The molecule has 4 nitrogen and oxygen atoms in total. The number of fused-ring (bicyclic) bond motifs is 2. The molecule has 112 valence electrons. The molecular weight excluding hydrogens is 298 g/mol. The predicted molar refractivity (Wildman–Crippen MR) is 83.9 cm³/mol. The minimum atomic E-state index is -0.809. The third kappa shape index (κ3) is 1.86. The molecule has 2 unspecified atom stereocenters. The molecule has 0 fully saturated rings. The minimum Gasteiger partial charge on any atom is -0.459 e. The molecule has 0 radical (unpaired) electrons. The summed E-state index contributed by atoms with van der Waals surface area (Å²) < 4.78 is 5.71. The lowest BCUT2D eigenvalue weighted by molar-refractivity contribution is 0.173. The van der Waals surface area contributed by atoms with Crippen LogP contribution in [0.2, 0.25) is 0 Å². The lowest BCUT2D eigenvalue weighted by Gasteiger charge is -2.24. The van der Waals surface area contributed by atoms with Crippen LogP contribution < -0.4 is 0 Å². The fourth-order valence-electron chi connectivity index (χ4n) is 2.82. The molecule has 1 aromatic carbocycles. The van der Waals surface area contributed by atoms with E-state index in [1.165, 1.54) is 11.3 Å². The van der Waals surface area contributed by atoms with Gasteiger partial charge in [-0.25, -0.2) is 4.98 Å². The van der Waals surface area contributed by atoms with Crippen LogP contribution in [0.1, 0.15) is 45.2 Å². The number of hydrogen-bond donors (Lipinski definition) is 2. The van der Waals surface area contributed by atoms with E-state index < -0.39 is 12.2 Å². The lowest BCUT2D eigenvalue weighted by atomic mass is 9.89. The quantitative estimate of drug-likeness (QED) is 0.721. The van der Waals surface area contributed by atoms with Crippen LogP contribution in [0.25, 0.3) is 10.8 Å². The average molecular weight is 313 g/mol. The van der Waals surface area contributed by atoms with Gasteiger partial charge in [-0.1, -0.05) is 24.3 Å². The standard InChI is InChI=1S/C17H15NO3S/c1-8-7-12(21-9(8)2)17-18-13-14(19)10-5-3-4-6-11(10)15(20)16(13)22-17/h3-7,14-15,19-20H,1-2H3. The molecule has 2 aromatic heterocycles. The minimum absolute atomic E-state index is 0.526. The highest BCUT2D eigenvalue weighted by atomic mass is 32.1. The van der Waals surface area contributed by atoms with Gasteiger partial charge in [-0.05, 0) is 36.6 Å². The molecule has 22 heavy (non-hydrogen) atoms. The number of aliphatic hydroxyl groups excluding tert-OH is 2. The summed E-state index contributed by atoms with van der Waals surface area (Å²) in [6.07, 6.45) is -1.56. The summed E-state index contributed by atoms with van der Waals surface area (Å²) in [6.45, 7) is 3.89. The third-order valence-corrected chi connectivity index (χ3v) is 5.29. The van der Waals surface area contributed by atoms with Crippen LogP contribution in [0.4, 0.5) is 0 Å². The number of nitrogens with zero attached hydrogens (tertiary/aromatic N) is 1. The van der Waals surface area contributed by atoms with Crippen LogP contribution in [-0.4, -0.2) is 15.2 Å². The number of thiazole rings is 1. The highest BCUT2D eigenvalue weighted by Gasteiger charge is 2.34. The van der Waals surface area contributed by atoms with Crippen molar-refractivity contribution in [3.8, 4) is 10.8 Å². The molecule has 0 bridgehead atoms. The average Bonchev–Trinajstić information content (AvgIpc) is 3.10. The van der Waals surface area contributed by atoms with Gasteiger partial charge < -0.3 is 14.6 Å². The Morgan fingerprint density at radius 3 is 2.41 bits per heavy atom. The van der Waals surface area contributed by atoms with Crippen LogP contribution >= 0.6 is 11.3 Å². The topological polar surface area (TPSA) is 66.5 Å². The number of aryl methyl sites for hydroxylation is 2. The largest absolute Gasteiger partial charge is 0.459 e. The van der Waals surface area contributed by atoms with Crippen LogP contribution in [0, 0.1) is 13.8 Å². The predicted octanol–water partition coefficient (Wildman–Crippen LogP) is 3.50. The van der Waals surface area contributed by atoms with E-state index in [2.05, 4.69) is 4.98 Å². The first-order valence-electron chi connectivity index (χ1n) is 7.09. The van der Waals surface area contributed by atoms with E-state index in [9.17, 15) is 10.2 Å². The van der Waals surface area contributed by atoms with E-state index >= 15 is 0 Å². The Bertz CT molecular complexity index is 799. The second-order valence-electron chi connectivity index (χ2n) is 5.55. The van der Waals surface area contributed by atoms with Crippen molar-refractivity contribution < 1.29 is 14.6 Å². The van der Waals surface area contributed by atoms with Crippen molar-refractivity contribution in [3.05, 3.63) is 63.4 Å². The van der Waals surface area contributed by atoms with Crippen LogP contribution in [0.15, 0.2) is 34.7 Å². The van der Waals surface area contributed by atoms with Gasteiger partial charge >= 0.3 is 0 Å². The Morgan fingerprint density at radius 2 is 1.77 bits per heavy atom. The Balaban J connectivity index is 1.86. The summed E-state index contributed by atoms with van der Waals surface area (Å²) in [5.41, 5.74) is 3.04. The fraction of sp³-hybridized carbons (Fsp3) is 0.235. The summed E-state index contributed by atoms with van der Waals surface area (Å²) in [4.78, 5) is 5.21. The number of aromatic nitrogens is 1.